The predicted molar refractivity (Wildman–Crippen MR) is 141 cm³/mol. The topological polar surface area (TPSA) is 120 Å². The summed E-state index contributed by atoms with van der Waals surface area (Å²) in [7, 11) is 11.7. The summed E-state index contributed by atoms with van der Waals surface area (Å²) in [6.45, 7) is 6.91. The van der Waals surface area contributed by atoms with E-state index in [1.807, 2.05) is 13.8 Å². The zero-order valence-corrected chi connectivity index (χ0v) is 23.9. The minimum Gasteiger partial charge on any atom is -0.455 e. The SMILES string of the molecule is CCC[C@@H]1CCN[C@H](C(=O)N[C@H](C(C)C)[C@H]2O[C@H](SC)[C@H](OC(=O)CN(C)C)[C@@H](O)[C@H]2O)C1.ClCl. The van der Waals surface area contributed by atoms with Gasteiger partial charge in [0.25, 0.3) is 0 Å². The van der Waals surface area contributed by atoms with Crippen LogP contribution >= 0.6 is 33.5 Å². The largest absolute Gasteiger partial charge is 0.455 e. The first-order valence-electron chi connectivity index (χ1n) is 12.2. The Labute approximate surface area is 223 Å². The Hall–Kier alpha value is -0.330. The first kappa shape index (κ1) is 32.7. The number of hydrogen-bond acceptors (Lipinski definition) is 9. The van der Waals surface area contributed by atoms with Crippen LogP contribution in [-0.2, 0) is 19.1 Å². The first-order valence-corrected chi connectivity index (χ1v) is 14.6. The van der Waals surface area contributed by atoms with Crippen LogP contribution in [0.3, 0.4) is 0 Å². The lowest BCUT2D eigenvalue weighted by molar-refractivity contribution is -0.221. The number of ether oxygens (including phenoxy) is 2. The molecular formula is C23H43Cl2N3O6S. The highest BCUT2D eigenvalue weighted by molar-refractivity contribution is 7.99. The second kappa shape index (κ2) is 16.5. The molecule has 8 atom stereocenters. The zero-order chi connectivity index (χ0) is 26.7. The molecule has 0 saturated carbocycles. The van der Waals surface area contributed by atoms with E-state index < -0.39 is 41.9 Å². The average Bonchev–Trinajstić information content (AvgIpc) is 2.82. The number of hydrogen-bond donors (Lipinski definition) is 4. The molecule has 0 aromatic heterocycles. The molecule has 2 heterocycles. The number of rotatable bonds is 10. The van der Waals surface area contributed by atoms with Gasteiger partial charge >= 0.3 is 5.97 Å². The Morgan fingerprint density at radius 2 is 1.91 bits per heavy atom. The minimum atomic E-state index is -1.33. The van der Waals surface area contributed by atoms with Gasteiger partial charge in [-0.05, 0) is 51.6 Å². The number of piperidine rings is 1. The summed E-state index contributed by atoms with van der Waals surface area (Å²) in [6.07, 6.45) is 1.39. The van der Waals surface area contributed by atoms with Crippen molar-refractivity contribution in [3.8, 4) is 0 Å². The summed E-state index contributed by atoms with van der Waals surface area (Å²) < 4.78 is 11.6. The number of aliphatic hydroxyl groups excluding tert-OH is 2. The molecule has 0 unspecified atom stereocenters. The smallest absolute Gasteiger partial charge is 0.320 e. The van der Waals surface area contributed by atoms with Gasteiger partial charge in [-0.1, -0.05) is 33.6 Å². The molecule has 1 amide bonds. The van der Waals surface area contributed by atoms with Crippen molar-refractivity contribution in [2.75, 3.05) is 33.4 Å². The van der Waals surface area contributed by atoms with E-state index in [0.717, 1.165) is 32.2 Å². The lowest BCUT2D eigenvalue weighted by Gasteiger charge is -2.45. The van der Waals surface area contributed by atoms with Crippen LogP contribution in [0, 0.1) is 11.8 Å². The van der Waals surface area contributed by atoms with E-state index in [0.29, 0.717) is 5.92 Å². The van der Waals surface area contributed by atoms with Gasteiger partial charge in [0.15, 0.2) is 6.10 Å². The quantitative estimate of drug-likeness (QED) is 0.297. The Kier molecular flexibility index (Phi) is 15.4. The standard InChI is InChI=1S/C23H43N3O6S.Cl2/c1-7-8-14-9-10-24-15(11-14)22(30)25-17(13(2)3)20-18(28)19(29)21(23(32-20)33-6)31-16(27)12-26(4)5;1-2/h13-15,17-21,23-24,28-29H,7-12H2,1-6H3,(H,25,30);/t14-,15+,17-,18-,19+,20-,21-,23-;/m1./s1. The molecule has 4 N–H and O–H groups in total. The molecular weight excluding hydrogens is 517 g/mol. The number of thioether (sulfide) groups is 1. The van der Waals surface area contributed by atoms with Gasteiger partial charge in [0, 0.05) is 21.7 Å². The molecule has 0 spiro atoms. The molecule has 9 nitrogen and oxygen atoms in total. The monoisotopic (exact) mass is 559 g/mol. The van der Waals surface area contributed by atoms with Crippen molar-refractivity contribution < 1.29 is 29.3 Å². The maximum Gasteiger partial charge on any atom is 0.320 e. The average molecular weight is 561 g/mol. The second-order valence-electron chi connectivity index (χ2n) is 9.84. The number of carbonyl (C=O) groups is 2. The third-order valence-corrected chi connectivity index (χ3v) is 7.28. The van der Waals surface area contributed by atoms with Crippen LogP contribution in [-0.4, -0.2) is 102 Å². The summed E-state index contributed by atoms with van der Waals surface area (Å²) in [4.78, 5) is 26.9. The third kappa shape index (κ3) is 9.81. The first-order chi connectivity index (χ1) is 16.6. The highest BCUT2D eigenvalue weighted by Gasteiger charge is 2.50. The van der Waals surface area contributed by atoms with Crippen molar-refractivity contribution in [3.05, 3.63) is 0 Å². The molecule has 2 saturated heterocycles. The highest BCUT2D eigenvalue weighted by atomic mass is 36.5. The van der Waals surface area contributed by atoms with Gasteiger partial charge in [0.05, 0.1) is 18.6 Å². The Bertz CT molecular complexity index is 644. The van der Waals surface area contributed by atoms with Gasteiger partial charge in [-0.15, -0.1) is 11.8 Å². The number of likely N-dealkylation sites (N-methyl/N-ethyl adjacent to an activating group) is 1. The normalized spacial score (nSPS) is 31.9. The fourth-order valence-electron chi connectivity index (χ4n) is 4.68. The Balaban J connectivity index is 0.00000298. The van der Waals surface area contributed by atoms with E-state index in [1.165, 1.54) is 11.8 Å². The summed E-state index contributed by atoms with van der Waals surface area (Å²) in [6, 6.07) is -0.790. The van der Waals surface area contributed by atoms with Crippen LogP contribution in [0.25, 0.3) is 0 Å². The number of halogens is 2. The number of amides is 1. The number of nitrogens with one attached hydrogen (secondary N) is 2. The molecule has 12 heteroatoms. The van der Waals surface area contributed by atoms with Crippen LogP contribution in [0.1, 0.15) is 46.5 Å². The molecule has 35 heavy (non-hydrogen) atoms. The van der Waals surface area contributed by atoms with Crippen molar-refractivity contribution >= 4 is 45.3 Å². The fraction of sp³-hybridized carbons (Fsp3) is 0.913. The fourth-order valence-corrected chi connectivity index (χ4v) is 5.41. The number of aliphatic hydroxyl groups is 2. The third-order valence-electron chi connectivity index (χ3n) is 6.43. The van der Waals surface area contributed by atoms with Crippen LogP contribution < -0.4 is 10.6 Å². The van der Waals surface area contributed by atoms with Crippen LogP contribution in [0.4, 0.5) is 0 Å². The van der Waals surface area contributed by atoms with Gasteiger partial charge in [-0.2, -0.15) is 0 Å². The lowest BCUT2D eigenvalue weighted by atomic mass is 9.86. The van der Waals surface area contributed by atoms with Crippen LogP contribution in [0.5, 0.6) is 0 Å². The molecule has 0 radical (unpaired) electrons. The van der Waals surface area contributed by atoms with E-state index in [2.05, 4.69) is 39.3 Å². The van der Waals surface area contributed by atoms with Crippen molar-refractivity contribution in [2.24, 2.45) is 11.8 Å². The van der Waals surface area contributed by atoms with Gasteiger partial charge < -0.3 is 30.3 Å². The summed E-state index contributed by atoms with van der Waals surface area (Å²) >= 11 is 1.30. The second-order valence-corrected chi connectivity index (χ2v) is 10.8. The summed E-state index contributed by atoms with van der Waals surface area (Å²) in [5, 5.41) is 28.1. The highest BCUT2D eigenvalue weighted by Crippen LogP contribution is 2.32. The van der Waals surface area contributed by atoms with Crippen molar-refractivity contribution in [1.29, 1.82) is 0 Å². The van der Waals surface area contributed by atoms with Gasteiger partial charge in [-0.25, -0.2) is 0 Å². The molecule has 2 rings (SSSR count). The van der Waals surface area contributed by atoms with E-state index in [4.69, 9.17) is 9.47 Å². The maximum absolute atomic E-state index is 13.1. The summed E-state index contributed by atoms with van der Waals surface area (Å²) in [5.74, 6) is -0.136. The molecule has 0 aromatic carbocycles. The van der Waals surface area contributed by atoms with Crippen LogP contribution in [0.2, 0.25) is 0 Å². The van der Waals surface area contributed by atoms with Gasteiger partial charge in [0.1, 0.15) is 23.7 Å². The van der Waals surface area contributed by atoms with E-state index in [9.17, 15) is 19.8 Å². The Morgan fingerprint density at radius 3 is 2.46 bits per heavy atom. The van der Waals surface area contributed by atoms with Gasteiger partial charge in [0.2, 0.25) is 5.91 Å². The van der Waals surface area contributed by atoms with Crippen molar-refractivity contribution in [1.82, 2.24) is 15.5 Å². The van der Waals surface area contributed by atoms with Crippen molar-refractivity contribution in [3.63, 3.8) is 0 Å². The zero-order valence-electron chi connectivity index (χ0n) is 21.6. The van der Waals surface area contributed by atoms with E-state index in [-0.39, 0.29) is 24.4 Å². The van der Waals surface area contributed by atoms with E-state index in [1.54, 1.807) is 25.3 Å². The molecule has 2 aliphatic heterocycles. The van der Waals surface area contributed by atoms with Crippen LogP contribution in [0.15, 0.2) is 0 Å². The number of esters is 1. The molecule has 2 aliphatic rings. The molecule has 0 bridgehead atoms. The Morgan fingerprint density at radius 1 is 1.26 bits per heavy atom. The molecule has 206 valence electrons. The molecule has 0 aromatic rings. The predicted octanol–water partition coefficient (Wildman–Crippen LogP) is 1.96. The lowest BCUT2D eigenvalue weighted by Crippen LogP contribution is -2.65. The van der Waals surface area contributed by atoms with E-state index >= 15 is 0 Å². The minimum absolute atomic E-state index is 0.0498. The number of nitrogens with zero attached hydrogens (tertiary/aromatic N) is 1. The molecule has 0 aliphatic carbocycles. The van der Waals surface area contributed by atoms with Crippen molar-refractivity contribution in [2.45, 2.75) is 88.4 Å². The molecule has 2 fully saturated rings. The number of carbonyl (C=O) groups excluding carboxylic acids is 2. The summed E-state index contributed by atoms with van der Waals surface area (Å²) in [5.41, 5.74) is -0.667. The maximum atomic E-state index is 13.1. The van der Waals surface area contributed by atoms with Gasteiger partial charge in [-0.3, -0.25) is 14.5 Å².